The molecule has 0 aromatic heterocycles. The second-order valence-corrected chi connectivity index (χ2v) is 4.18. The van der Waals surface area contributed by atoms with Crippen LogP contribution in [0.1, 0.15) is 5.56 Å². The third-order valence-electron chi connectivity index (χ3n) is 2.57. The molecule has 0 radical (unpaired) electrons. The molecule has 0 fully saturated rings. The van der Waals surface area contributed by atoms with E-state index < -0.39 is 25.1 Å². The summed E-state index contributed by atoms with van der Waals surface area (Å²) in [6.45, 7) is -3.55. The summed E-state index contributed by atoms with van der Waals surface area (Å²) in [6, 6.07) is 4.42. The molecule has 8 heteroatoms. The highest BCUT2D eigenvalue weighted by Gasteiger charge is 2.14. The Morgan fingerprint density at radius 2 is 2.17 bits per heavy atom. The van der Waals surface area contributed by atoms with Crippen LogP contribution in [0, 0.1) is 12.3 Å². The van der Waals surface area contributed by atoms with E-state index in [2.05, 4.69) is 20.7 Å². The Bertz CT molecular complexity index is 652. The molecule has 0 aliphatic rings. The maximum atomic E-state index is 12.5. The SMILES string of the molecule is C#CCNC(=O)COC(=O)/C=C/c1cccc(OC)c1OC(F)F. The number of terminal acetylenes is 1. The fourth-order valence-corrected chi connectivity index (χ4v) is 1.58. The molecule has 0 atom stereocenters. The number of esters is 1. The molecule has 0 heterocycles. The maximum absolute atomic E-state index is 12.5. The van der Waals surface area contributed by atoms with Gasteiger partial charge in [-0.3, -0.25) is 4.79 Å². The van der Waals surface area contributed by atoms with Crippen molar-refractivity contribution in [3.8, 4) is 23.8 Å². The molecule has 6 nitrogen and oxygen atoms in total. The lowest BCUT2D eigenvalue weighted by atomic mass is 10.1. The Hall–Kier alpha value is -3.08. The fourth-order valence-electron chi connectivity index (χ4n) is 1.58. The average molecular weight is 339 g/mol. The van der Waals surface area contributed by atoms with Gasteiger partial charge in [0, 0.05) is 11.6 Å². The Morgan fingerprint density at radius 1 is 1.42 bits per heavy atom. The van der Waals surface area contributed by atoms with Crippen LogP contribution in [0.4, 0.5) is 8.78 Å². The van der Waals surface area contributed by atoms with E-state index in [1.54, 1.807) is 0 Å². The molecule has 0 aliphatic heterocycles. The maximum Gasteiger partial charge on any atom is 0.387 e. The molecule has 0 aliphatic carbocycles. The zero-order chi connectivity index (χ0) is 17.9. The zero-order valence-corrected chi connectivity index (χ0v) is 12.8. The van der Waals surface area contributed by atoms with Crippen LogP contribution < -0.4 is 14.8 Å². The van der Waals surface area contributed by atoms with Crippen molar-refractivity contribution in [1.82, 2.24) is 5.32 Å². The molecule has 1 N–H and O–H groups in total. The van der Waals surface area contributed by atoms with Crippen LogP contribution in [-0.2, 0) is 14.3 Å². The molecule has 0 saturated carbocycles. The first-order chi connectivity index (χ1) is 11.5. The van der Waals surface area contributed by atoms with E-state index >= 15 is 0 Å². The summed E-state index contributed by atoms with van der Waals surface area (Å²) in [6.07, 6.45) is 7.14. The molecule has 1 amide bonds. The summed E-state index contributed by atoms with van der Waals surface area (Å²) >= 11 is 0. The first-order valence-corrected chi connectivity index (χ1v) is 6.64. The number of benzene rings is 1. The molecule has 1 aromatic rings. The normalized spacial score (nSPS) is 10.3. The molecule has 0 saturated heterocycles. The molecule has 0 bridgehead atoms. The third-order valence-corrected chi connectivity index (χ3v) is 2.57. The fraction of sp³-hybridized carbons (Fsp3) is 0.250. The number of hydrogen-bond donors (Lipinski definition) is 1. The van der Waals surface area contributed by atoms with Crippen molar-refractivity contribution in [1.29, 1.82) is 0 Å². The number of para-hydroxylation sites is 1. The second-order valence-electron chi connectivity index (χ2n) is 4.18. The van der Waals surface area contributed by atoms with Crippen LogP contribution in [0.3, 0.4) is 0 Å². The van der Waals surface area contributed by atoms with Gasteiger partial charge in [-0.05, 0) is 12.1 Å². The topological polar surface area (TPSA) is 73.9 Å². The van der Waals surface area contributed by atoms with Gasteiger partial charge in [0.2, 0.25) is 0 Å². The number of alkyl halides is 2. The summed E-state index contributed by atoms with van der Waals surface area (Å²) in [5, 5.41) is 2.31. The largest absolute Gasteiger partial charge is 0.493 e. The van der Waals surface area contributed by atoms with Crippen LogP contribution in [0.25, 0.3) is 6.08 Å². The highest BCUT2D eigenvalue weighted by atomic mass is 19.3. The van der Waals surface area contributed by atoms with Crippen molar-refractivity contribution in [3.05, 3.63) is 29.8 Å². The van der Waals surface area contributed by atoms with Gasteiger partial charge >= 0.3 is 12.6 Å². The van der Waals surface area contributed by atoms with Crippen molar-refractivity contribution < 1.29 is 32.6 Å². The highest BCUT2D eigenvalue weighted by molar-refractivity contribution is 5.89. The molecule has 0 unspecified atom stereocenters. The Labute approximate surface area is 137 Å². The van der Waals surface area contributed by atoms with E-state index in [9.17, 15) is 18.4 Å². The second kappa shape index (κ2) is 9.84. The van der Waals surface area contributed by atoms with Crippen molar-refractivity contribution in [2.45, 2.75) is 6.61 Å². The van der Waals surface area contributed by atoms with Crippen LogP contribution in [-0.4, -0.2) is 38.7 Å². The molecule has 128 valence electrons. The highest BCUT2D eigenvalue weighted by Crippen LogP contribution is 2.33. The van der Waals surface area contributed by atoms with Crippen molar-refractivity contribution >= 4 is 18.0 Å². The van der Waals surface area contributed by atoms with Crippen LogP contribution in [0.15, 0.2) is 24.3 Å². The number of halogens is 2. The molecule has 24 heavy (non-hydrogen) atoms. The third kappa shape index (κ3) is 6.36. The summed E-state index contributed by atoms with van der Waals surface area (Å²) in [7, 11) is 1.30. The number of rotatable bonds is 8. The minimum atomic E-state index is -3.06. The van der Waals surface area contributed by atoms with E-state index in [-0.39, 0.29) is 23.6 Å². The lowest BCUT2D eigenvalue weighted by Gasteiger charge is -2.12. The van der Waals surface area contributed by atoms with Gasteiger partial charge < -0.3 is 19.5 Å². The van der Waals surface area contributed by atoms with Crippen LogP contribution >= 0.6 is 0 Å². The smallest absolute Gasteiger partial charge is 0.387 e. The minimum absolute atomic E-state index is 0.0182. The van der Waals surface area contributed by atoms with E-state index in [1.807, 2.05) is 0 Å². The van der Waals surface area contributed by atoms with Crippen molar-refractivity contribution in [2.24, 2.45) is 0 Å². The first kappa shape index (κ1) is 19.0. The summed E-state index contributed by atoms with van der Waals surface area (Å²) in [4.78, 5) is 22.7. The number of hydrogen-bond acceptors (Lipinski definition) is 5. The Kier molecular flexibility index (Phi) is 7.78. The number of ether oxygens (including phenoxy) is 3. The number of methoxy groups -OCH3 is 1. The predicted octanol–water partition coefficient (Wildman–Crippen LogP) is 1.60. The van der Waals surface area contributed by atoms with E-state index in [4.69, 9.17) is 11.2 Å². The first-order valence-electron chi connectivity index (χ1n) is 6.64. The summed E-state index contributed by atoms with van der Waals surface area (Å²) < 4.78 is 39.0. The van der Waals surface area contributed by atoms with Gasteiger partial charge in [-0.25, -0.2) is 4.79 Å². The molecule has 1 rings (SSSR count). The number of carbonyl (C=O) groups excluding carboxylic acids is 2. The van der Waals surface area contributed by atoms with Crippen LogP contribution in [0.2, 0.25) is 0 Å². The minimum Gasteiger partial charge on any atom is -0.493 e. The van der Waals surface area contributed by atoms with Gasteiger partial charge in [0.15, 0.2) is 18.1 Å². The lowest BCUT2D eigenvalue weighted by Crippen LogP contribution is -2.28. The Balaban J connectivity index is 2.74. The van der Waals surface area contributed by atoms with Crippen LogP contribution in [0.5, 0.6) is 11.5 Å². The molecule has 0 spiro atoms. The van der Waals surface area contributed by atoms with Crippen molar-refractivity contribution in [2.75, 3.05) is 20.3 Å². The van der Waals surface area contributed by atoms with Gasteiger partial charge in [-0.2, -0.15) is 8.78 Å². The van der Waals surface area contributed by atoms with E-state index in [0.717, 1.165) is 6.08 Å². The van der Waals surface area contributed by atoms with Gasteiger partial charge in [-0.1, -0.05) is 18.1 Å². The van der Waals surface area contributed by atoms with Crippen molar-refractivity contribution in [3.63, 3.8) is 0 Å². The predicted molar refractivity (Wildman–Crippen MR) is 81.5 cm³/mol. The number of amides is 1. The number of nitrogens with one attached hydrogen (secondary N) is 1. The summed E-state index contributed by atoms with van der Waals surface area (Å²) in [5.74, 6) is 0.664. The van der Waals surface area contributed by atoms with E-state index in [1.165, 1.54) is 31.4 Å². The van der Waals surface area contributed by atoms with Gasteiger partial charge in [0.25, 0.3) is 5.91 Å². The molecular weight excluding hydrogens is 324 g/mol. The Morgan fingerprint density at radius 3 is 2.79 bits per heavy atom. The molecular formula is C16H15F2NO5. The summed E-state index contributed by atoms with van der Waals surface area (Å²) in [5.41, 5.74) is 0.184. The molecule has 1 aromatic carbocycles. The van der Waals surface area contributed by atoms with Gasteiger partial charge in [0.05, 0.1) is 13.7 Å². The average Bonchev–Trinajstić information content (AvgIpc) is 2.56. The quantitative estimate of drug-likeness (QED) is 0.442. The van der Waals surface area contributed by atoms with E-state index in [0.29, 0.717) is 0 Å². The standard InChI is InChI=1S/C16H15F2NO5/c1-3-9-19-13(20)10-23-14(21)8-7-11-5-4-6-12(22-2)15(11)24-16(17)18/h1,4-8,16H,9-10H2,2H3,(H,19,20)/b8-7+. The van der Waals surface area contributed by atoms with Gasteiger partial charge in [-0.15, -0.1) is 6.42 Å². The number of carbonyl (C=O) groups is 2. The van der Waals surface area contributed by atoms with Gasteiger partial charge in [0.1, 0.15) is 0 Å². The zero-order valence-electron chi connectivity index (χ0n) is 12.8. The lowest BCUT2D eigenvalue weighted by molar-refractivity contribution is -0.143. The monoisotopic (exact) mass is 339 g/mol.